The van der Waals surface area contributed by atoms with Gasteiger partial charge in [0.05, 0.1) is 0 Å². The lowest BCUT2D eigenvalue weighted by atomic mass is 9.99. The molecule has 86 valence electrons. The van der Waals surface area contributed by atoms with E-state index in [1.54, 1.807) is 0 Å². The third kappa shape index (κ3) is 2.25. The summed E-state index contributed by atoms with van der Waals surface area (Å²) in [5.74, 6) is 0. The summed E-state index contributed by atoms with van der Waals surface area (Å²) < 4.78 is 0. The van der Waals surface area contributed by atoms with Gasteiger partial charge in [0.1, 0.15) is 0 Å². The Bertz CT molecular complexity index is 490. The predicted molar refractivity (Wildman–Crippen MR) is 70.8 cm³/mol. The largest absolute Gasteiger partial charge is 0.306 e. The summed E-state index contributed by atoms with van der Waals surface area (Å²) in [6.45, 7) is 1.02. The van der Waals surface area contributed by atoms with Crippen LogP contribution in [0.3, 0.4) is 0 Å². The molecule has 1 heteroatoms. The number of rotatable bonds is 3. The molecule has 0 spiro atoms. The molecule has 0 saturated heterocycles. The fourth-order valence-electron chi connectivity index (χ4n) is 2.59. The molecule has 1 unspecified atom stereocenters. The van der Waals surface area contributed by atoms with Crippen molar-refractivity contribution in [3.8, 4) is 0 Å². The maximum absolute atomic E-state index is 3.59. The lowest BCUT2D eigenvalue weighted by Crippen LogP contribution is -2.12. The molecule has 1 nitrogen and oxygen atoms in total. The minimum Gasteiger partial charge on any atom is -0.306 e. The lowest BCUT2D eigenvalue weighted by Gasteiger charge is -2.11. The van der Waals surface area contributed by atoms with Crippen molar-refractivity contribution in [1.29, 1.82) is 0 Å². The number of benzene rings is 2. The van der Waals surface area contributed by atoms with Gasteiger partial charge in [0.25, 0.3) is 0 Å². The van der Waals surface area contributed by atoms with Crippen molar-refractivity contribution in [2.45, 2.75) is 25.4 Å². The summed E-state index contributed by atoms with van der Waals surface area (Å²) in [4.78, 5) is 0. The second-order valence-electron chi connectivity index (χ2n) is 4.66. The van der Waals surface area contributed by atoms with Crippen LogP contribution in [0.5, 0.6) is 0 Å². The van der Waals surface area contributed by atoms with E-state index >= 15 is 0 Å². The SMILES string of the molecule is c1ccc(CCC2NCc3ccccc32)cc1. The van der Waals surface area contributed by atoms with E-state index in [4.69, 9.17) is 0 Å². The van der Waals surface area contributed by atoms with E-state index < -0.39 is 0 Å². The van der Waals surface area contributed by atoms with Crippen molar-refractivity contribution >= 4 is 0 Å². The van der Waals surface area contributed by atoms with Crippen LogP contribution in [0.2, 0.25) is 0 Å². The summed E-state index contributed by atoms with van der Waals surface area (Å²) in [5.41, 5.74) is 4.38. The Morgan fingerprint density at radius 2 is 1.71 bits per heavy atom. The molecule has 1 heterocycles. The first kappa shape index (κ1) is 10.5. The molecule has 3 rings (SSSR count). The van der Waals surface area contributed by atoms with Gasteiger partial charge in [0, 0.05) is 12.6 Å². The van der Waals surface area contributed by atoms with Crippen LogP contribution in [0.25, 0.3) is 0 Å². The topological polar surface area (TPSA) is 12.0 Å². The zero-order valence-corrected chi connectivity index (χ0v) is 9.89. The highest BCUT2D eigenvalue weighted by Crippen LogP contribution is 2.28. The maximum Gasteiger partial charge on any atom is 0.0329 e. The van der Waals surface area contributed by atoms with E-state index in [1.165, 1.54) is 23.1 Å². The van der Waals surface area contributed by atoms with E-state index in [0.29, 0.717) is 6.04 Å². The van der Waals surface area contributed by atoms with E-state index in [1.807, 2.05) is 0 Å². The average Bonchev–Trinajstić information content (AvgIpc) is 2.81. The van der Waals surface area contributed by atoms with Crippen LogP contribution >= 0.6 is 0 Å². The Hall–Kier alpha value is -1.60. The third-order valence-corrected chi connectivity index (χ3v) is 3.53. The van der Waals surface area contributed by atoms with Crippen molar-refractivity contribution in [1.82, 2.24) is 5.32 Å². The highest BCUT2D eigenvalue weighted by molar-refractivity contribution is 5.33. The lowest BCUT2D eigenvalue weighted by molar-refractivity contribution is 0.542. The van der Waals surface area contributed by atoms with Crippen LogP contribution in [0.4, 0.5) is 0 Å². The minimum absolute atomic E-state index is 0.534. The van der Waals surface area contributed by atoms with Crippen molar-refractivity contribution in [3.05, 3.63) is 71.3 Å². The Kier molecular flexibility index (Phi) is 2.93. The number of nitrogens with one attached hydrogen (secondary N) is 1. The first-order valence-corrected chi connectivity index (χ1v) is 6.28. The standard InChI is InChI=1S/C16H17N/c1-2-6-13(7-3-1)10-11-16-15-9-5-4-8-14(15)12-17-16/h1-9,16-17H,10-12H2. The van der Waals surface area contributed by atoms with Crippen molar-refractivity contribution < 1.29 is 0 Å². The third-order valence-electron chi connectivity index (χ3n) is 3.53. The van der Waals surface area contributed by atoms with Crippen LogP contribution in [0.1, 0.15) is 29.2 Å². The molecule has 1 aliphatic rings. The average molecular weight is 223 g/mol. The first-order valence-electron chi connectivity index (χ1n) is 6.28. The Balaban J connectivity index is 1.68. The Morgan fingerprint density at radius 1 is 0.941 bits per heavy atom. The molecule has 0 fully saturated rings. The molecule has 0 radical (unpaired) electrons. The zero-order chi connectivity index (χ0) is 11.5. The van der Waals surface area contributed by atoms with Crippen LogP contribution in [-0.2, 0) is 13.0 Å². The summed E-state index contributed by atoms with van der Waals surface area (Å²) >= 11 is 0. The number of hydrogen-bond acceptors (Lipinski definition) is 1. The van der Waals surface area contributed by atoms with E-state index in [9.17, 15) is 0 Å². The zero-order valence-electron chi connectivity index (χ0n) is 9.89. The van der Waals surface area contributed by atoms with Gasteiger partial charge in [0.15, 0.2) is 0 Å². The Labute approximate surface area is 102 Å². The van der Waals surface area contributed by atoms with Gasteiger partial charge in [-0.3, -0.25) is 0 Å². The molecular weight excluding hydrogens is 206 g/mol. The highest BCUT2D eigenvalue weighted by atomic mass is 14.9. The summed E-state index contributed by atoms with van der Waals surface area (Å²) in [6, 6.07) is 20.0. The normalized spacial score (nSPS) is 18.0. The molecule has 1 N–H and O–H groups in total. The molecule has 2 aromatic rings. The number of aryl methyl sites for hydroxylation is 1. The van der Waals surface area contributed by atoms with Gasteiger partial charge >= 0.3 is 0 Å². The fourth-order valence-corrected chi connectivity index (χ4v) is 2.59. The van der Waals surface area contributed by atoms with E-state index in [2.05, 4.69) is 59.9 Å². The van der Waals surface area contributed by atoms with Gasteiger partial charge in [-0.25, -0.2) is 0 Å². The summed E-state index contributed by atoms with van der Waals surface area (Å²) in [5, 5.41) is 3.59. The van der Waals surface area contributed by atoms with E-state index in [-0.39, 0.29) is 0 Å². The molecular formula is C16H17N. The number of hydrogen-bond donors (Lipinski definition) is 1. The van der Waals surface area contributed by atoms with Gasteiger partial charge in [0.2, 0.25) is 0 Å². The molecule has 17 heavy (non-hydrogen) atoms. The second kappa shape index (κ2) is 4.72. The predicted octanol–water partition coefficient (Wildman–Crippen LogP) is 3.46. The summed E-state index contributed by atoms with van der Waals surface area (Å²) in [6.07, 6.45) is 2.33. The highest BCUT2D eigenvalue weighted by Gasteiger charge is 2.20. The summed E-state index contributed by atoms with van der Waals surface area (Å²) in [7, 11) is 0. The molecule has 1 aliphatic heterocycles. The molecule has 0 amide bonds. The minimum atomic E-state index is 0.534. The Morgan fingerprint density at radius 3 is 2.59 bits per heavy atom. The van der Waals surface area contributed by atoms with Gasteiger partial charge in [-0.1, -0.05) is 54.6 Å². The molecule has 0 aliphatic carbocycles. The quantitative estimate of drug-likeness (QED) is 0.840. The second-order valence-corrected chi connectivity index (χ2v) is 4.66. The molecule has 0 bridgehead atoms. The molecule has 0 saturated carbocycles. The molecule has 0 aromatic heterocycles. The van der Waals surface area contributed by atoms with Crippen LogP contribution in [0.15, 0.2) is 54.6 Å². The van der Waals surface area contributed by atoms with Crippen molar-refractivity contribution in [2.75, 3.05) is 0 Å². The maximum atomic E-state index is 3.59. The van der Waals surface area contributed by atoms with Gasteiger partial charge in [-0.05, 0) is 29.5 Å². The van der Waals surface area contributed by atoms with Crippen LogP contribution in [-0.4, -0.2) is 0 Å². The smallest absolute Gasteiger partial charge is 0.0329 e. The molecule has 1 atom stereocenters. The monoisotopic (exact) mass is 223 g/mol. The number of fused-ring (bicyclic) bond motifs is 1. The van der Waals surface area contributed by atoms with Crippen LogP contribution < -0.4 is 5.32 Å². The molecule has 2 aromatic carbocycles. The van der Waals surface area contributed by atoms with Crippen molar-refractivity contribution in [3.63, 3.8) is 0 Å². The van der Waals surface area contributed by atoms with E-state index in [0.717, 1.165) is 13.0 Å². The van der Waals surface area contributed by atoms with Crippen LogP contribution in [0, 0.1) is 0 Å². The van der Waals surface area contributed by atoms with Gasteiger partial charge in [-0.15, -0.1) is 0 Å². The van der Waals surface area contributed by atoms with Crippen molar-refractivity contribution in [2.24, 2.45) is 0 Å². The van der Waals surface area contributed by atoms with Gasteiger partial charge in [-0.2, -0.15) is 0 Å². The first-order chi connectivity index (χ1) is 8.43. The fraction of sp³-hybridized carbons (Fsp3) is 0.250. The van der Waals surface area contributed by atoms with Gasteiger partial charge < -0.3 is 5.32 Å².